The van der Waals surface area contributed by atoms with Gasteiger partial charge in [0.05, 0.1) is 44.6 Å². The van der Waals surface area contributed by atoms with Gasteiger partial charge in [-0.1, -0.05) is 81.8 Å². The lowest BCUT2D eigenvalue weighted by atomic mass is 9.03. The third-order valence-corrected chi connectivity index (χ3v) is 12.1. The lowest BCUT2D eigenvalue weighted by Gasteiger charge is -2.42. The molecule has 0 N–H and O–H groups in total. The molecule has 2 aliphatic rings. The maximum Gasteiger partial charge on any atom is 0.155 e. The number of fused-ring (bicyclic) bond motifs is 4. The van der Waals surface area contributed by atoms with Crippen molar-refractivity contribution in [2.75, 3.05) is 0 Å². The minimum atomic E-state index is 0.281. The van der Waals surface area contributed by atoms with Crippen molar-refractivity contribution in [2.45, 2.75) is 111 Å². The summed E-state index contributed by atoms with van der Waals surface area (Å²) in [5.74, 6) is 2.05. The maximum absolute atomic E-state index is 5.25. The van der Waals surface area contributed by atoms with Gasteiger partial charge in [-0.2, -0.15) is 23.5 Å². The number of thioether (sulfide) groups is 2. The Kier molecular flexibility index (Phi) is 8.82. The van der Waals surface area contributed by atoms with Crippen LogP contribution in [0.25, 0.3) is 11.0 Å². The molecule has 4 atom stereocenters. The summed E-state index contributed by atoms with van der Waals surface area (Å²) in [6.07, 6.45) is 10.8. The lowest BCUT2D eigenvalue weighted by molar-refractivity contribution is 0.522. The molecule has 34 heavy (non-hydrogen) atoms. The molecule has 1 fully saturated rings. The second kappa shape index (κ2) is 11.3. The van der Waals surface area contributed by atoms with E-state index >= 15 is 0 Å². The van der Waals surface area contributed by atoms with Gasteiger partial charge in [-0.25, -0.2) is 9.97 Å². The second-order valence-electron chi connectivity index (χ2n) is 11.9. The summed E-state index contributed by atoms with van der Waals surface area (Å²) in [5, 5.41) is 2.22. The molecule has 1 saturated carbocycles. The number of benzene rings is 1. The number of rotatable bonds is 6. The molecule has 0 spiro atoms. The molecule has 1 aliphatic carbocycles. The van der Waals surface area contributed by atoms with Crippen LogP contribution in [-0.2, 0) is 11.5 Å². The first-order chi connectivity index (χ1) is 16.2. The van der Waals surface area contributed by atoms with E-state index < -0.39 is 0 Å². The van der Waals surface area contributed by atoms with Gasteiger partial charge >= 0.3 is 0 Å². The van der Waals surface area contributed by atoms with E-state index in [4.69, 9.17) is 9.97 Å². The summed E-state index contributed by atoms with van der Waals surface area (Å²) in [5.41, 5.74) is 6.06. The van der Waals surface area contributed by atoms with Crippen LogP contribution < -0.4 is 5.46 Å². The molecule has 2 nitrogen and oxygen atoms in total. The molecule has 0 saturated heterocycles. The molecular formula is C26H42B4N2S2. The topological polar surface area (TPSA) is 25.8 Å². The fraction of sp³-hybridized carbons (Fsp3) is 0.692. The lowest BCUT2D eigenvalue weighted by Crippen LogP contribution is -2.47. The molecule has 8 heteroatoms. The third-order valence-electron chi connectivity index (χ3n) is 9.42. The molecule has 1 aliphatic heterocycles. The van der Waals surface area contributed by atoms with Crippen LogP contribution in [-0.4, -0.2) is 49.9 Å². The van der Waals surface area contributed by atoms with Gasteiger partial charge in [0.15, 0.2) is 7.28 Å². The van der Waals surface area contributed by atoms with Crippen molar-refractivity contribution in [3.63, 3.8) is 0 Å². The van der Waals surface area contributed by atoms with Crippen LogP contribution in [0.1, 0.15) is 90.4 Å². The Balaban J connectivity index is 1.60. The van der Waals surface area contributed by atoms with Crippen LogP contribution in [0.3, 0.4) is 0 Å². The van der Waals surface area contributed by atoms with Crippen LogP contribution in [0.5, 0.6) is 0 Å². The van der Waals surface area contributed by atoms with E-state index in [1.807, 2.05) is 0 Å². The Morgan fingerprint density at radius 3 is 2.18 bits per heavy atom. The predicted octanol–water partition coefficient (Wildman–Crippen LogP) is 4.78. The number of nitrogens with zero attached hydrogens (tertiary/aromatic N) is 2. The maximum atomic E-state index is 5.25. The summed E-state index contributed by atoms with van der Waals surface area (Å²) in [4.78, 5) is 10.4. The van der Waals surface area contributed by atoms with Crippen molar-refractivity contribution in [2.24, 2.45) is 0 Å². The fourth-order valence-corrected chi connectivity index (χ4v) is 8.73. The molecule has 2 aromatic rings. The van der Waals surface area contributed by atoms with Gasteiger partial charge in [0.2, 0.25) is 0 Å². The minimum Gasteiger partial charge on any atom is -0.248 e. The highest BCUT2D eigenvalue weighted by Crippen LogP contribution is 2.43. The van der Waals surface area contributed by atoms with Crippen molar-refractivity contribution in [1.82, 2.24) is 9.97 Å². The quantitative estimate of drug-likeness (QED) is 0.546. The molecule has 1 aromatic carbocycles. The Hall–Kier alpha value is -0.480. The summed E-state index contributed by atoms with van der Waals surface area (Å²) in [6.45, 7) is 10.3. The molecular weight excluding hydrogens is 448 g/mol. The van der Waals surface area contributed by atoms with E-state index in [1.165, 1.54) is 68.2 Å². The standard InChI is InChI=1S/C26H42B4N2S2/c1-5-25(3,27)30(28)26(4,6-2)29-18-12-13-21-22(14-18)32-24-17-34-20-11-9-7-8-10-19(15-20)33-16-23(24)31-21/h12-14,19-20,29H,5-11,15-17,27-28H2,1-4H3. The van der Waals surface area contributed by atoms with E-state index in [1.54, 1.807) is 0 Å². The van der Waals surface area contributed by atoms with Gasteiger partial charge in [0.1, 0.15) is 0 Å². The average molecular weight is 490 g/mol. The van der Waals surface area contributed by atoms with Crippen molar-refractivity contribution >= 4 is 69.5 Å². The largest absolute Gasteiger partial charge is 0.248 e. The first-order valence-corrected chi connectivity index (χ1v) is 15.9. The van der Waals surface area contributed by atoms with Crippen molar-refractivity contribution in [3.8, 4) is 0 Å². The molecule has 2 heterocycles. The molecule has 1 aromatic heterocycles. The van der Waals surface area contributed by atoms with Crippen LogP contribution in [0.2, 0.25) is 10.4 Å². The Labute approximate surface area is 219 Å². The first-order valence-electron chi connectivity index (χ1n) is 13.8. The highest BCUT2D eigenvalue weighted by atomic mass is 32.2. The van der Waals surface area contributed by atoms with E-state index in [-0.39, 0.29) is 5.21 Å². The van der Waals surface area contributed by atoms with Crippen LogP contribution >= 0.6 is 23.5 Å². The van der Waals surface area contributed by atoms with Crippen molar-refractivity contribution in [3.05, 3.63) is 29.6 Å². The van der Waals surface area contributed by atoms with Crippen LogP contribution in [0.4, 0.5) is 0 Å². The summed E-state index contributed by atoms with van der Waals surface area (Å²) in [7, 11) is 6.01. The summed E-state index contributed by atoms with van der Waals surface area (Å²) in [6, 6.07) is 6.91. The average Bonchev–Trinajstić information content (AvgIpc) is 2.90. The molecule has 0 radical (unpaired) electrons. The molecule has 0 amide bonds. The van der Waals surface area contributed by atoms with Gasteiger partial charge in [-0.15, -0.1) is 0 Å². The zero-order valence-corrected chi connectivity index (χ0v) is 24.1. The monoisotopic (exact) mass is 490 g/mol. The third kappa shape index (κ3) is 6.07. The van der Waals surface area contributed by atoms with E-state index in [9.17, 15) is 0 Å². The summed E-state index contributed by atoms with van der Waals surface area (Å²) < 4.78 is 0. The second-order valence-corrected chi connectivity index (χ2v) is 14.5. The molecule has 180 valence electrons. The zero-order chi connectivity index (χ0) is 24.3. The number of aromatic nitrogens is 2. The smallest absolute Gasteiger partial charge is 0.155 e. The fourth-order valence-electron chi connectivity index (χ4n) is 5.96. The highest BCUT2D eigenvalue weighted by molar-refractivity contribution is 8.00. The number of hydrogen-bond acceptors (Lipinski definition) is 4. The molecule has 4 rings (SSSR count). The van der Waals surface area contributed by atoms with Gasteiger partial charge < -0.3 is 0 Å². The van der Waals surface area contributed by atoms with Crippen LogP contribution in [0.15, 0.2) is 18.2 Å². The van der Waals surface area contributed by atoms with Crippen LogP contribution in [0, 0.1) is 0 Å². The first kappa shape index (κ1) is 26.6. The predicted molar refractivity (Wildman–Crippen MR) is 164 cm³/mol. The molecule has 2 bridgehead atoms. The number of hydrogen-bond donors (Lipinski definition) is 0. The van der Waals surface area contributed by atoms with E-state index in [0.717, 1.165) is 40.3 Å². The SMILES string of the molecule is BB(C(B)(C)CC)C(C)(Bc1ccc2nc3c(nc2c1)CSC1CCCCCC(C1)SC3)CC. The van der Waals surface area contributed by atoms with Gasteiger partial charge in [0, 0.05) is 22.0 Å². The van der Waals surface area contributed by atoms with Gasteiger partial charge in [0.25, 0.3) is 0 Å². The highest BCUT2D eigenvalue weighted by Gasteiger charge is 2.41. The Morgan fingerprint density at radius 2 is 1.59 bits per heavy atom. The van der Waals surface area contributed by atoms with Crippen molar-refractivity contribution < 1.29 is 0 Å². The summed E-state index contributed by atoms with van der Waals surface area (Å²) >= 11 is 4.30. The minimum absolute atomic E-state index is 0.281. The van der Waals surface area contributed by atoms with Gasteiger partial charge in [-0.3, -0.25) is 0 Å². The van der Waals surface area contributed by atoms with E-state index in [0.29, 0.717) is 11.8 Å². The normalized spacial score (nSPS) is 24.8. The zero-order valence-electron chi connectivity index (χ0n) is 22.5. The Morgan fingerprint density at radius 1 is 0.971 bits per heavy atom. The Bertz CT molecular complexity index is 989. The van der Waals surface area contributed by atoms with E-state index in [2.05, 4.69) is 85.0 Å². The molecule has 4 unspecified atom stereocenters. The van der Waals surface area contributed by atoms with Crippen molar-refractivity contribution in [1.29, 1.82) is 0 Å². The van der Waals surface area contributed by atoms with Gasteiger partial charge in [-0.05, 0) is 31.4 Å².